The van der Waals surface area contributed by atoms with Gasteiger partial charge in [0.2, 0.25) is 5.95 Å². The van der Waals surface area contributed by atoms with Crippen molar-refractivity contribution in [2.75, 3.05) is 35.6 Å². The zero-order valence-corrected chi connectivity index (χ0v) is 20.4. The Hall–Kier alpha value is -3.77. The van der Waals surface area contributed by atoms with Crippen LogP contribution >= 0.6 is 0 Å². The van der Waals surface area contributed by atoms with E-state index in [-0.39, 0.29) is 0 Å². The predicted octanol–water partition coefficient (Wildman–Crippen LogP) is 2.36. The van der Waals surface area contributed by atoms with Gasteiger partial charge in [-0.05, 0) is 31.9 Å². The van der Waals surface area contributed by atoms with Gasteiger partial charge in [-0.1, -0.05) is 6.92 Å². The number of β-amino-alcohol motifs (C(OH)–C–C–N with tert-alkyl or cyclic N) is 1. The van der Waals surface area contributed by atoms with Crippen LogP contribution in [-0.4, -0.2) is 70.4 Å². The van der Waals surface area contributed by atoms with Crippen LogP contribution < -0.4 is 16.0 Å². The number of anilines is 5. The fourth-order valence-electron chi connectivity index (χ4n) is 4.35. The fraction of sp³-hybridized carbons (Fsp3) is 0.435. The summed E-state index contributed by atoms with van der Waals surface area (Å²) in [6, 6.07) is 1.93. The summed E-state index contributed by atoms with van der Waals surface area (Å²) in [5.74, 6) is 1.77. The van der Waals surface area contributed by atoms with Crippen molar-refractivity contribution in [1.29, 1.82) is 0 Å². The molecule has 0 saturated carbocycles. The van der Waals surface area contributed by atoms with Crippen molar-refractivity contribution < 1.29 is 5.11 Å². The zero-order chi connectivity index (χ0) is 24.5. The number of pyridine rings is 1. The molecular weight excluding hydrogens is 446 g/mol. The maximum absolute atomic E-state index is 10.5. The number of nitrogens with zero attached hydrogens (tertiary/aromatic N) is 8. The molecule has 0 aromatic carbocycles. The van der Waals surface area contributed by atoms with Crippen molar-refractivity contribution in [3.63, 3.8) is 0 Å². The highest BCUT2D eigenvalue weighted by atomic mass is 16.3. The second kappa shape index (κ2) is 9.47. The summed E-state index contributed by atoms with van der Waals surface area (Å²) in [4.78, 5) is 15.8. The molecule has 5 heterocycles. The third kappa shape index (κ3) is 5.17. The molecule has 1 saturated heterocycles. The van der Waals surface area contributed by atoms with Crippen molar-refractivity contribution in [1.82, 2.24) is 39.4 Å². The van der Waals surface area contributed by atoms with Crippen LogP contribution in [-0.2, 0) is 14.1 Å². The third-order valence-corrected chi connectivity index (χ3v) is 6.15. The SMILES string of the molecule is Cc1ncc(NC(O)CN2CC[C@H](C)C2)cc1Nc1nn(C)c2nc(Nc3cnn(C)c3)ncc12. The summed E-state index contributed by atoms with van der Waals surface area (Å²) < 4.78 is 3.41. The van der Waals surface area contributed by atoms with Gasteiger partial charge >= 0.3 is 0 Å². The largest absolute Gasteiger partial charge is 0.372 e. The standard InChI is InChI=1S/C23H31N11O/c1-14-5-6-34(11-14)13-20(35)27-16-7-19(15(2)24-8-16)29-21-18-10-25-23(30-22(18)33(4)31-21)28-17-9-26-32(3)12-17/h7-10,12,14,20,27,35H,5-6,11,13H2,1-4H3,(H,29,31)(H,25,28,30)/t14-,20?/m0/s1. The lowest BCUT2D eigenvalue weighted by molar-refractivity contribution is 0.146. The van der Waals surface area contributed by atoms with Crippen LogP contribution in [0.15, 0.2) is 30.9 Å². The van der Waals surface area contributed by atoms with Crippen LogP contribution in [0.25, 0.3) is 11.0 Å². The molecule has 1 aliphatic rings. The minimum atomic E-state index is -0.674. The molecule has 12 nitrogen and oxygen atoms in total. The van der Waals surface area contributed by atoms with E-state index in [4.69, 9.17) is 0 Å². The zero-order valence-electron chi connectivity index (χ0n) is 20.4. The van der Waals surface area contributed by atoms with E-state index in [1.165, 1.54) is 6.42 Å². The van der Waals surface area contributed by atoms with Gasteiger partial charge in [0.1, 0.15) is 6.23 Å². The summed E-state index contributed by atoms with van der Waals surface area (Å²) in [6.07, 6.45) is 7.53. The van der Waals surface area contributed by atoms with E-state index >= 15 is 0 Å². The molecule has 1 fully saturated rings. The molecule has 2 atom stereocenters. The van der Waals surface area contributed by atoms with E-state index in [9.17, 15) is 5.11 Å². The summed E-state index contributed by atoms with van der Waals surface area (Å²) in [5.41, 5.74) is 3.82. The van der Waals surface area contributed by atoms with Gasteiger partial charge in [-0.15, -0.1) is 0 Å². The molecular formula is C23H31N11O. The van der Waals surface area contributed by atoms with E-state index in [0.29, 0.717) is 29.9 Å². The number of aryl methyl sites for hydroxylation is 3. The van der Waals surface area contributed by atoms with Gasteiger partial charge in [-0.2, -0.15) is 15.2 Å². The van der Waals surface area contributed by atoms with Crippen molar-refractivity contribution in [3.05, 3.63) is 36.5 Å². The molecule has 0 amide bonds. The molecule has 1 aliphatic heterocycles. The molecule has 0 bridgehead atoms. The molecule has 35 heavy (non-hydrogen) atoms. The Bertz CT molecular complexity index is 1330. The molecule has 0 spiro atoms. The second-order valence-electron chi connectivity index (χ2n) is 9.23. The van der Waals surface area contributed by atoms with Crippen molar-refractivity contribution in [3.8, 4) is 0 Å². The molecule has 0 aliphatic carbocycles. The summed E-state index contributed by atoms with van der Waals surface area (Å²) in [6.45, 7) is 6.79. The lowest BCUT2D eigenvalue weighted by atomic mass is 10.2. The van der Waals surface area contributed by atoms with Gasteiger partial charge in [-0.25, -0.2) is 9.67 Å². The highest BCUT2D eigenvalue weighted by Crippen LogP contribution is 2.28. The van der Waals surface area contributed by atoms with Crippen LogP contribution in [0.3, 0.4) is 0 Å². The number of hydrogen-bond acceptors (Lipinski definition) is 10. The van der Waals surface area contributed by atoms with Crippen LogP contribution in [0.4, 0.5) is 28.8 Å². The van der Waals surface area contributed by atoms with Crippen molar-refractivity contribution in [2.24, 2.45) is 20.0 Å². The summed E-state index contributed by atoms with van der Waals surface area (Å²) in [7, 11) is 3.69. The molecule has 4 N–H and O–H groups in total. The van der Waals surface area contributed by atoms with E-state index in [0.717, 1.165) is 41.2 Å². The van der Waals surface area contributed by atoms with E-state index in [2.05, 4.69) is 52.9 Å². The number of nitrogens with one attached hydrogen (secondary N) is 3. The maximum atomic E-state index is 10.5. The van der Waals surface area contributed by atoms with E-state index in [1.807, 2.05) is 33.3 Å². The first-order valence-corrected chi connectivity index (χ1v) is 11.7. The lowest BCUT2D eigenvalue weighted by Gasteiger charge is -2.21. The number of rotatable bonds is 8. The molecule has 1 unspecified atom stereocenters. The van der Waals surface area contributed by atoms with Gasteiger partial charge in [0.25, 0.3) is 0 Å². The molecule has 4 aromatic heterocycles. The Morgan fingerprint density at radius 3 is 2.74 bits per heavy atom. The number of hydrogen-bond donors (Lipinski definition) is 4. The minimum Gasteiger partial charge on any atom is -0.372 e. The fourth-order valence-corrected chi connectivity index (χ4v) is 4.35. The van der Waals surface area contributed by atoms with Crippen LogP contribution in [0, 0.1) is 12.8 Å². The number of aliphatic hydroxyl groups is 1. The van der Waals surface area contributed by atoms with Gasteiger partial charge < -0.3 is 21.1 Å². The van der Waals surface area contributed by atoms with Crippen LogP contribution in [0.5, 0.6) is 0 Å². The van der Waals surface area contributed by atoms with Crippen LogP contribution in [0.1, 0.15) is 19.0 Å². The Morgan fingerprint density at radius 1 is 1.14 bits per heavy atom. The number of aromatic nitrogens is 7. The predicted molar refractivity (Wildman–Crippen MR) is 135 cm³/mol. The third-order valence-electron chi connectivity index (χ3n) is 6.15. The number of likely N-dealkylation sites (tertiary alicyclic amines) is 1. The first-order valence-electron chi connectivity index (χ1n) is 11.7. The van der Waals surface area contributed by atoms with E-state index < -0.39 is 6.23 Å². The second-order valence-corrected chi connectivity index (χ2v) is 9.23. The lowest BCUT2D eigenvalue weighted by Crippen LogP contribution is -2.35. The Labute approximate surface area is 203 Å². The molecule has 184 valence electrons. The quantitative estimate of drug-likeness (QED) is 0.280. The minimum absolute atomic E-state index is 0.463. The Morgan fingerprint density at radius 2 is 2.00 bits per heavy atom. The van der Waals surface area contributed by atoms with Gasteiger partial charge in [-0.3, -0.25) is 14.6 Å². The van der Waals surface area contributed by atoms with Gasteiger partial charge in [0.15, 0.2) is 11.5 Å². The van der Waals surface area contributed by atoms with Crippen molar-refractivity contribution in [2.45, 2.75) is 26.5 Å². The summed E-state index contributed by atoms with van der Waals surface area (Å²) in [5, 5.41) is 29.7. The molecule has 0 radical (unpaired) electrons. The van der Waals surface area contributed by atoms with Crippen molar-refractivity contribution >= 4 is 39.9 Å². The average molecular weight is 478 g/mol. The number of aliphatic hydroxyl groups excluding tert-OH is 1. The van der Waals surface area contributed by atoms with E-state index in [1.54, 1.807) is 28.0 Å². The normalized spacial score (nSPS) is 17.1. The van der Waals surface area contributed by atoms with Gasteiger partial charge in [0, 0.05) is 39.6 Å². The van der Waals surface area contributed by atoms with Crippen LogP contribution in [0.2, 0.25) is 0 Å². The topological polar surface area (TPSA) is 134 Å². The van der Waals surface area contributed by atoms with Gasteiger partial charge in [0.05, 0.1) is 40.5 Å². The average Bonchev–Trinajstić information content (AvgIpc) is 3.50. The molecule has 5 rings (SSSR count). The molecule has 12 heteroatoms. The first-order chi connectivity index (χ1) is 16.8. The maximum Gasteiger partial charge on any atom is 0.229 e. The smallest absolute Gasteiger partial charge is 0.229 e. The Kier molecular flexibility index (Phi) is 6.22. The highest BCUT2D eigenvalue weighted by molar-refractivity contribution is 5.90. The monoisotopic (exact) mass is 477 g/mol. The number of fused-ring (bicyclic) bond motifs is 1. The first kappa shape index (κ1) is 23.0. The highest BCUT2D eigenvalue weighted by Gasteiger charge is 2.21. The molecule has 4 aromatic rings. The Balaban J connectivity index is 1.31. The summed E-state index contributed by atoms with van der Waals surface area (Å²) >= 11 is 0.